The smallest absolute Gasteiger partial charge is 0.340 e. The number of nitrogens with one attached hydrogen (secondary N) is 2. The predicted molar refractivity (Wildman–Crippen MR) is 99.7 cm³/mol. The van der Waals surface area contributed by atoms with E-state index in [0.717, 1.165) is 5.56 Å². The van der Waals surface area contributed by atoms with E-state index in [9.17, 15) is 9.59 Å². The summed E-state index contributed by atoms with van der Waals surface area (Å²) in [4.78, 5) is 31.7. The molecule has 0 aliphatic rings. The highest BCUT2D eigenvalue weighted by Gasteiger charge is 2.22. The highest BCUT2D eigenvalue weighted by Crippen LogP contribution is 2.21. The lowest BCUT2D eigenvalue weighted by molar-refractivity contribution is 0.0525. The lowest BCUT2D eigenvalue weighted by Gasteiger charge is -2.08. The van der Waals surface area contributed by atoms with E-state index in [-0.39, 0.29) is 12.5 Å². The van der Waals surface area contributed by atoms with Gasteiger partial charge in [0, 0.05) is 11.4 Å². The normalized spacial score (nSPS) is 10.6. The van der Waals surface area contributed by atoms with Crippen LogP contribution in [0.4, 0.5) is 5.69 Å². The minimum absolute atomic E-state index is 0.281. The van der Waals surface area contributed by atoms with Gasteiger partial charge in [0.05, 0.1) is 18.7 Å². The molecule has 27 heavy (non-hydrogen) atoms. The third-order valence-corrected chi connectivity index (χ3v) is 4.14. The number of amides is 1. The molecule has 0 atom stereocenters. The van der Waals surface area contributed by atoms with Crippen molar-refractivity contribution in [2.45, 2.75) is 27.3 Å². The van der Waals surface area contributed by atoms with Crippen LogP contribution in [0.15, 0.2) is 36.9 Å². The summed E-state index contributed by atoms with van der Waals surface area (Å²) in [6.07, 6.45) is 3.11. The molecular weight excluding hydrogens is 346 g/mol. The first kappa shape index (κ1) is 18.4. The Hall–Kier alpha value is -3.42. The summed E-state index contributed by atoms with van der Waals surface area (Å²) in [6, 6.07) is 7.48. The number of carbonyl (C=O) groups is 2. The molecule has 0 spiro atoms. The SMILES string of the molecule is CCOC(=O)c1c(C)[nH]c(C(=O)Nc2cccc(Cn3cncn3)c2)c1C. The molecule has 8 heteroatoms. The Morgan fingerprint density at radius 2 is 2.11 bits per heavy atom. The molecule has 0 saturated carbocycles. The van der Waals surface area contributed by atoms with Crippen LogP contribution in [0, 0.1) is 13.8 Å². The molecule has 0 unspecified atom stereocenters. The van der Waals surface area contributed by atoms with Crippen LogP contribution in [-0.4, -0.2) is 38.2 Å². The second kappa shape index (κ2) is 7.86. The van der Waals surface area contributed by atoms with Crippen LogP contribution in [-0.2, 0) is 11.3 Å². The molecule has 1 aromatic carbocycles. The van der Waals surface area contributed by atoms with Crippen LogP contribution in [0.1, 0.15) is 44.6 Å². The number of esters is 1. The third-order valence-electron chi connectivity index (χ3n) is 4.14. The minimum atomic E-state index is -0.433. The van der Waals surface area contributed by atoms with Crippen LogP contribution in [0.2, 0.25) is 0 Å². The number of aromatic nitrogens is 4. The summed E-state index contributed by atoms with van der Waals surface area (Å²) in [6.45, 7) is 6.05. The first-order chi connectivity index (χ1) is 13.0. The van der Waals surface area contributed by atoms with Crippen molar-refractivity contribution in [3.8, 4) is 0 Å². The monoisotopic (exact) mass is 367 g/mol. The Morgan fingerprint density at radius 1 is 1.30 bits per heavy atom. The topological polar surface area (TPSA) is 102 Å². The van der Waals surface area contributed by atoms with Crippen molar-refractivity contribution >= 4 is 17.6 Å². The summed E-state index contributed by atoms with van der Waals surface area (Å²) in [5, 5.41) is 6.94. The number of rotatable bonds is 6. The van der Waals surface area contributed by atoms with Crippen LogP contribution >= 0.6 is 0 Å². The van der Waals surface area contributed by atoms with Crippen molar-refractivity contribution in [3.63, 3.8) is 0 Å². The molecule has 0 bridgehead atoms. The number of aromatic amines is 1. The number of ether oxygens (including phenoxy) is 1. The highest BCUT2D eigenvalue weighted by atomic mass is 16.5. The Labute approximate surface area is 156 Å². The average molecular weight is 367 g/mol. The van der Waals surface area contributed by atoms with E-state index in [4.69, 9.17) is 4.74 Å². The number of nitrogens with zero attached hydrogens (tertiary/aromatic N) is 3. The molecule has 1 amide bonds. The Bertz CT molecular complexity index is 960. The predicted octanol–water partition coefficient (Wildman–Crippen LogP) is 2.70. The summed E-state index contributed by atoms with van der Waals surface area (Å²) >= 11 is 0. The summed E-state index contributed by atoms with van der Waals surface area (Å²) in [5.74, 6) is -0.748. The molecule has 8 nitrogen and oxygen atoms in total. The van der Waals surface area contributed by atoms with E-state index < -0.39 is 5.97 Å². The number of hydrogen-bond acceptors (Lipinski definition) is 5. The zero-order valence-corrected chi connectivity index (χ0v) is 15.4. The zero-order chi connectivity index (χ0) is 19.4. The van der Waals surface area contributed by atoms with Crippen LogP contribution in [0.25, 0.3) is 0 Å². The maximum absolute atomic E-state index is 12.7. The second-order valence-corrected chi connectivity index (χ2v) is 6.09. The van der Waals surface area contributed by atoms with E-state index >= 15 is 0 Å². The lowest BCUT2D eigenvalue weighted by Crippen LogP contribution is -2.14. The molecule has 0 aliphatic heterocycles. The fourth-order valence-corrected chi connectivity index (χ4v) is 2.93. The zero-order valence-electron chi connectivity index (χ0n) is 15.4. The van der Waals surface area contributed by atoms with E-state index in [1.54, 1.807) is 37.8 Å². The second-order valence-electron chi connectivity index (χ2n) is 6.09. The van der Waals surface area contributed by atoms with Gasteiger partial charge in [-0.2, -0.15) is 5.10 Å². The number of benzene rings is 1. The third kappa shape index (κ3) is 4.05. The Balaban J connectivity index is 1.78. The fraction of sp³-hybridized carbons (Fsp3) is 0.263. The van der Waals surface area contributed by atoms with Crippen LogP contribution < -0.4 is 5.32 Å². The van der Waals surface area contributed by atoms with Crippen molar-refractivity contribution < 1.29 is 14.3 Å². The number of anilines is 1. The molecule has 3 aromatic rings. The maximum atomic E-state index is 12.7. The van der Waals surface area contributed by atoms with E-state index in [1.807, 2.05) is 18.2 Å². The van der Waals surface area contributed by atoms with Gasteiger partial charge in [-0.15, -0.1) is 0 Å². The van der Waals surface area contributed by atoms with E-state index in [1.165, 1.54) is 6.33 Å². The van der Waals surface area contributed by atoms with Crippen molar-refractivity contribution in [2.75, 3.05) is 11.9 Å². The standard InChI is InChI=1S/C19H21N5O3/c1-4-27-19(26)16-12(2)17(22-13(16)3)18(25)23-15-7-5-6-14(8-15)9-24-11-20-10-21-24/h5-8,10-11,22H,4,9H2,1-3H3,(H,23,25). The quantitative estimate of drug-likeness (QED) is 0.652. The molecule has 140 valence electrons. The van der Waals surface area contributed by atoms with Crippen molar-refractivity contribution in [3.05, 3.63) is 65.0 Å². The number of carbonyl (C=O) groups excluding carboxylic acids is 2. The van der Waals surface area contributed by atoms with Gasteiger partial charge in [-0.1, -0.05) is 12.1 Å². The highest BCUT2D eigenvalue weighted by molar-refractivity contribution is 6.06. The summed E-state index contributed by atoms with van der Waals surface area (Å²) in [5.41, 5.74) is 3.56. The van der Waals surface area contributed by atoms with Gasteiger partial charge >= 0.3 is 5.97 Å². The first-order valence-corrected chi connectivity index (χ1v) is 8.58. The molecule has 0 saturated heterocycles. The maximum Gasteiger partial charge on any atom is 0.340 e. The lowest BCUT2D eigenvalue weighted by atomic mass is 10.1. The number of hydrogen-bond donors (Lipinski definition) is 2. The molecule has 3 rings (SSSR count). The van der Waals surface area contributed by atoms with Crippen LogP contribution in [0.3, 0.4) is 0 Å². The van der Waals surface area contributed by atoms with Gasteiger partial charge in [0.1, 0.15) is 18.3 Å². The van der Waals surface area contributed by atoms with E-state index in [2.05, 4.69) is 20.4 Å². The van der Waals surface area contributed by atoms with Gasteiger partial charge < -0.3 is 15.0 Å². The van der Waals surface area contributed by atoms with Gasteiger partial charge in [-0.25, -0.2) is 14.5 Å². The average Bonchev–Trinajstić information content (AvgIpc) is 3.23. The first-order valence-electron chi connectivity index (χ1n) is 8.58. The summed E-state index contributed by atoms with van der Waals surface area (Å²) < 4.78 is 6.76. The molecule has 0 aliphatic carbocycles. The molecule has 2 N–H and O–H groups in total. The van der Waals surface area contributed by atoms with Gasteiger partial charge in [0.2, 0.25) is 0 Å². The van der Waals surface area contributed by atoms with E-state index in [0.29, 0.717) is 34.7 Å². The molecule has 2 aromatic heterocycles. The Morgan fingerprint density at radius 3 is 2.81 bits per heavy atom. The van der Waals surface area contributed by atoms with Gasteiger partial charge in [0.15, 0.2) is 0 Å². The van der Waals surface area contributed by atoms with Crippen LogP contribution in [0.5, 0.6) is 0 Å². The van der Waals surface area contributed by atoms with Gasteiger partial charge in [-0.3, -0.25) is 4.79 Å². The number of aryl methyl sites for hydroxylation is 1. The van der Waals surface area contributed by atoms with Gasteiger partial charge in [-0.05, 0) is 44.0 Å². The van der Waals surface area contributed by atoms with Crippen molar-refractivity contribution in [1.29, 1.82) is 0 Å². The van der Waals surface area contributed by atoms with Crippen molar-refractivity contribution in [1.82, 2.24) is 19.7 Å². The van der Waals surface area contributed by atoms with Crippen molar-refractivity contribution in [2.24, 2.45) is 0 Å². The molecule has 0 radical (unpaired) electrons. The molecule has 0 fully saturated rings. The largest absolute Gasteiger partial charge is 0.462 e. The Kier molecular flexibility index (Phi) is 5.35. The fourth-order valence-electron chi connectivity index (χ4n) is 2.93. The minimum Gasteiger partial charge on any atom is -0.462 e. The summed E-state index contributed by atoms with van der Waals surface area (Å²) in [7, 11) is 0. The van der Waals surface area contributed by atoms with Gasteiger partial charge in [0.25, 0.3) is 5.91 Å². The number of H-pyrrole nitrogens is 1. The molecule has 2 heterocycles. The molecular formula is C19H21N5O3.